The van der Waals surface area contributed by atoms with Crippen LogP contribution in [0, 0.1) is 10.1 Å². The van der Waals surface area contributed by atoms with Gasteiger partial charge in [0.2, 0.25) is 0 Å². The molecule has 0 aromatic heterocycles. The molecule has 0 unspecified atom stereocenters. The molecule has 0 atom stereocenters. The molecule has 0 N–H and O–H groups in total. The smallest absolute Gasteiger partial charge is 0.264 e. The summed E-state index contributed by atoms with van der Waals surface area (Å²) in [6.07, 6.45) is 3.36. The van der Waals surface area contributed by atoms with Crippen molar-refractivity contribution in [2.45, 2.75) is 12.8 Å². The Morgan fingerprint density at radius 2 is 2.42 bits per heavy atom. The molecular weight excluding hydrogens is 176 g/mol. The van der Waals surface area contributed by atoms with Gasteiger partial charge < -0.3 is 4.90 Å². The van der Waals surface area contributed by atoms with Gasteiger partial charge in [0.1, 0.15) is 5.03 Å². The third kappa shape index (κ3) is 2.73. The van der Waals surface area contributed by atoms with Crippen LogP contribution in [0.5, 0.6) is 0 Å². The molecular formula is C7H12N2O2S. The fourth-order valence-corrected chi connectivity index (χ4v) is 2.10. The SMILES string of the molecule is CN1CCCCS/C1=C\[N+](=O)[O-]. The first-order valence-electron chi connectivity index (χ1n) is 3.89. The zero-order valence-corrected chi connectivity index (χ0v) is 7.84. The molecule has 0 bridgehead atoms. The molecule has 68 valence electrons. The van der Waals surface area contributed by atoms with Crippen LogP contribution < -0.4 is 0 Å². The third-order valence-electron chi connectivity index (χ3n) is 1.73. The van der Waals surface area contributed by atoms with E-state index in [4.69, 9.17) is 0 Å². The van der Waals surface area contributed by atoms with Gasteiger partial charge in [0.05, 0.1) is 4.92 Å². The highest BCUT2D eigenvalue weighted by Gasteiger charge is 2.12. The van der Waals surface area contributed by atoms with Crippen molar-refractivity contribution >= 4 is 11.8 Å². The largest absolute Gasteiger partial charge is 0.364 e. The van der Waals surface area contributed by atoms with Crippen LogP contribution in [0.4, 0.5) is 0 Å². The second-order valence-corrected chi connectivity index (χ2v) is 3.85. The van der Waals surface area contributed by atoms with Crippen molar-refractivity contribution in [1.29, 1.82) is 0 Å². The second kappa shape index (κ2) is 4.35. The van der Waals surface area contributed by atoms with E-state index in [9.17, 15) is 10.1 Å². The minimum atomic E-state index is -0.385. The summed E-state index contributed by atoms with van der Waals surface area (Å²) in [5.41, 5.74) is 0. The highest BCUT2D eigenvalue weighted by atomic mass is 32.2. The van der Waals surface area contributed by atoms with Gasteiger partial charge in [-0.05, 0) is 18.6 Å². The van der Waals surface area contributed by atoms with E-state index in [-0.39, 0.29) is 4.92 Å². The van der Waals surface area contributed by atoms with Gasteiger partial charge in [0.15, 0.2) is 0 Å². The maximum absolute atomic E-state index is 10.2. The van der Waals surface area contributed by atoms with E-state index in [2.05, 4.69) is 0 Å². The molecule has 1 rings (SSSR count). The van der Waals surface area contributed by atoms with E-state index in [1.54, 1.807) is 11.8 Å². The minimum absolute atomic E-state index is 0.385. The average Bonchev–Trinajstić information content (AvgIpc) is 2.16. The van der Waals surface area contributed by atoms with E-state index in [1.807, 2.05) is 11.9 Å². The molecule has 12 heavy (non-hydrogen) atoms. The lowest BCUT2D eigenvalue weighted by Crippen LogP contribution is -2.16. The van der Waals surface area contributed by atoms with Crippen LogP contribution in [0.3, 0.4) is 0 Å². The topological polar surface area (TPSA) is 46.4 Å². The van der Waals surface area contributed by atoms with Crippen molar-refractivity contribution in [3.8, 4) is 0 Å². The standard InChI is InChI=1S/C7H12N2O2S/c1-8-4-2-3-5-12-7(8)6-9(10)11/h6H,2-5H2,1H3/b7-6-. The van der Waals surface area contributed by atoms with Crippen LogP contribution in [0.15, 0.2) is 11.2 Å². The Morgan fingerprint density at radius 1 is 1.67 bits per heavy atom. The van der Waals surface area contributed by atoms with Crippen LogP contribution in [0.2, 0.25) is 0 Å². The first-order valence-corrected chi connectivity index (χ1v) is 4.88. The van der Waals surface area contributed by atoms with Gasteiger partial charge in [-0.1, -0.05) is 0 Å². The molecule has 4 nitrogen and oxygen atoms in total. The molecule has 0 aromatic rings. The fraction of sp³-hybridized carbons (Fsp3) is 0.714. The molecule has 0 radical (unpaired) electrons. The Labute approximate surface area is 75.8 Å². The fourth-order valence-electron chi connectivity index (χ4n) is 1.07. The van der Waals surface area contributed by atoms with Gasteiger partial charge in [-0.25, -0.2) is 0 Å². The first kappa shape index (κ1) is 9.38. The highest BCUT2D eigenvalue weighted by molar-refractivity contribution is 8.02. The number of thioether (sulfide) groups is 1. The molecule has 1 heterocycles. The molecule has 1 saturated heterocycles. The van der Waals surface area contributed by atoms with E-state index in [0.717, 1.165) is 36.4 Å². The average molecular weight is 188 g/mol. The van der Waals surface area contributed by atoms with Crippen molar-refractivity contribution in [3.05, 3.63) is 21.3 Å². The summed E-state index contributed by atoms with van der Waals surface area (Å²) in [7, 11) is 1.90. The number of rotatable bonds is 1. The van der Waals surface area contributed by atoms with Gasteiger partial charge >= 0.3 is 0 Å². The Kier molecular flexibility index (Phi) is 3.40. The molecule has 1 fully saturated rings. The van der Waals surface area contributed by atoms with Crippen LogP contribution in [-0.4, -0.2) is 29.2 Å². The molecule has 5 heteroatoms. The normalized spacial score (nSPS) is 22.4. The molecule has 1 aliphatic heterocycles. The lowest BCUT2D eigenvalue weighted by molar-refractivity contribution is -0.403. The Hall–Kier alpha value is -0.710. The lowest BCUT2D eigenvalue weighted by atomic mass is 10.3. The van der Waals surface area contributed by atoms with Crippen molar-refractivity contribution in [2.24, 2.45) is 0 Å². The third-order valence-corrected chi connectivity index (χ3v) is 2.94. The molecule has 1 aliphatic rings. The van der Waals surface area contributed by atoms with Gasteiger partial charge in [-0.15, -0.1) is 11.8 Å². The quantitative estimate of drug-likeness (QED) is 0.462. The predicted octanol–water partition coefficient (Wildman–Crippen LogP) is 1.52. The van der Waals surface area contributed by atoms with E-state index < -0.39 is 0 Å². The minimum Gasteiger partial charge on any atom is -0.364 e. The van der Waals surface area contributed by atoms with Crippen LogP contribution in [-0.2, 0) is 0 Å². The lowest BCUT2D eigenvalue weighted by Gasteiger charge is -2.15. The van der Waals surface area contributed by atoms with Crippen molar-refractivity contribution in [3.63, 3.8) is 0 Å². The van der Waals surface area contributed by atoms with Gasteiger partial charge in [0, 0.05) is 13.6 Å². The van der Waals surface area contributed by atoms with E-state index >= 15 is 0 Å². The maximum Gasteiger partial charge on any atom is 0.264 e. The zero-order chi connectivity index (χ0) is 8.97. The van der Waals surface area contributed by atoms with Gasteiger partial charge in [-0.2, -0.15) is 0 Å². The monoisotopic (exact) mass is 188 g/mol. The zero-order valence-electron chi connectivity index (χ0n) is 7.02. The molecule has 0 saturated carbocycles. The van der Waals surface area contributed by atoms with Crippen LogP contribution in [0.25, 0.3) is 0 Å². The van der Waals surface area contributed by atoms with Crippen molar-refractivity contribution < 1.29 is 4.92 Å². The number of nitrogens with zero attached hydrogens (tertiary/aromatic N) is 2. The molecule has 0 aliphatic carbocycles. The Balaban J connectivity index is 2.64. The maximum atomic E-state index is 10.2. The summed E-state index contributed by atoms with van der Waals surface area (Å²) >= 11 is 1.57. The van der Waals surface area contributed by atoms with Crippen LogP contribution >= 0.6 is 11.8 Å². The Bertz CT molecular complexity index is 206. The Morgan fingerprint density at radius 3 is 3.08 bits per heavy atom. The molecule has 0 aromatic carbocycles. The number of hydrogen-bond acceptors (Lipinski definition) is 4. The summed E-state index contributed by atoms with van der Waals surface area (Å²) in [4.78, 5) is 11.8. The van der Waals surface area contributed by atoms with Crippen molar-refractivity contribution in [2.75, 3.05) is 19.3 Å². The number of nitro groups is 1. The summed E-state index contributed by atoms with van der Waals surface area (Å²) < 4.78 is 0. The van der Waals surface area contributed by atoms with E-state index in [0.29, 0.717) is 0 Å². The summed E-state index contributed by atoms with van der Waals surface area (Å²) in [6.45, 7) is 0.923. The number of hydrogen-bond donors (Lipinski definition) is 0. The summed E-state index contributed by atoms with van der Waals surface area (Å²) in [6, 6.07) is 0. The predicted molar refractivity (Wildman–Crippen MR) is 49.4 cm³/mol. The van der Waals surface area contributed by atoms with Crippen molar-refractivity contribution in [1.82, 2.24) is 4.90 Å². The summed E-state index contributed by atoms with van der Waals surface area (Å²) in [5.74, 6) is 0.990. The van der Waals surface area contributed by atoms with Crippen LogP contribution in [0.1, 0.15) is 12.8 Å². The second-order valence-electron chi connectivity index (χ2n) is 2.73. The van der Waals surface area contributed by atoms with E-state index in [1.165, 1.54) is 0 Å². The van der Waals surface area contributed by atoms with Gasteiger partial charge in [-0.3, -0.25) is 10.1 Å². The van der Waals surface area contributed by atoms with Gasteiger partial charge in [0.25, 0.3) is 6.20 Å². The highest BCUT2D eigenvalue weighted by Crippen LogP contribution is 2.24. The molecule has 0 amide bonds. The first-order chi connectivity index (χ1) is 5.70. The summed E-state index contributed by atoms with van der Waals surface area (Å²) in [5, 5.41) is 11.0. The molecule has 0 spiro atoms.